The van der Waals surface area contributed by atoms with Gasteiger partial charge in [-0.1, -0.05) is 45.0 Å². The molecule has 4 aromatic rings. The van der Waals surface area contributed by atoms with Crippen LogP contribution in [0, 0.1) is 5.82 Å². The molecule has 0 aliphatic rings. The van der Waals surface area contributed by atoms with Crippen molar-refractivity contribution in [1.82, 2.24) is 9.97 Å². The number of nitrogen functional groups attached to an aromatic ring is 1. The zero-order valence-corrected chi connectivity index (χ0v) is 17.2. The molecular weight excluding hydrogens is 399 g/mol. The number of hydrogen-bond donors (Lipinski definition) is 3. The number of aromatic carboxylic acids is 1. The molecule has 0 unspecified atom stereocenters. The molecule has 0 radical (unpaired) electrons. The number of benzene rings is 2. The minimum absolute atomic E-state index is 0.0271. The molecule has 2 heterocycles. The van der Waals surface area contributed by atoms with Gasteiger partial charge in [-0.05, 0) is 35.2 Å². The first kappa shape index (κ1) is 20.3. The van der Waals surface area contributed by atoms with Crippen LogP contribution in [-0.4, -0.2) is 21.0 Å². The lowest BCUT2D eigenvalue weighted by Gasteiger charge is -2.19. The first-order valence-electron chi connectivity index (χ1n) is 9.59. The van der Waals surface area contributed by atoms with Crippen LogP contribution in [0.2, 0.25) is 0 Å². The average Bonchev–Trinajstić information content (AvgIpc) is 3.14. The van der Waals surface area contributed by atoms with Gasteiger partial charge in [0.1, 0.15) is 11.3 Å². The van der Waals surface area contributed by atoms with Crippen LogP contribution in [0.3, 0.4) is 0 Å². The molecule has 0 saturated carbocycles. The van der Waals surface area contributed by atoms with E-state index in [4.69, 9.17) is 15.3 Å². The lowest BCUT2D eigenvalue weighted by molar-refractivity contribution is 0.0665. The maximum atomic E-state index is 14.7. The number of nitrogens with two attached hydrogens (primary N) is 1. The molecule has 31 heavy (non-hydrogen) atoms. The number of halogens is 1. The van der Waals surface area contributed by atoms with Gasteiger partial charge in [0.25, 0.3) is 0 Å². The maximum absolute atomic E-state index is 14.7. The summed E-state index contributed by atoms with van der Waals surface area (Å²) in [7, 11) is 0. The maximum Gasteiger partial charge on any atom is 0.371 e. The minimum atomic E-state index is -1.15. The molecule has 8 heteroatoms. The van der Waals surface area contributed by atoms with E-state index in [2.05, 4.69) is 36.1 Å². The molecular formula is C23H21FN4O3. The molecule has 4 N–H and O–H groups in total. The van der Waals surface area contributed by atoms with Crippen LogP contribution in [-0.2, 0) is 5.41 Å². The summed E-state index contributed by atoms with van der Waals surface area (Å²) in [5, 5.41) is 12.7. The zero-order valence-electron chi connectivity index (χ0n) is 17.2. The zero-order chi connectivity index (χ0) is 22.3. The Morgan fingerprint density at radius 1 is 1.10 bits per heavy atom. The molecule has 7 nitrogen and oxygen atoms in total. The summed E-state index contributed by atoms with van der Waals surface area (Å²) in [4.78, 5) is 19.4. The van der Waals surface area contributed by atoms with E-state index in [1.165, 1.54) is 6.07 Å². The van der Waals surface area contributed by atoms with E-state index in [1.807, 2.05) is 12.1 Å². The standard InChI is InChI=1S/C23H21FN4O3/c1-23(2,3)14-6-4-12(5-7-14)19-18(24)20(25)28-22(27-19)26-15-8-9-16-13(10-15)11-17(31-16)21(29)30/h4-11H,1-3H3,(H,29,30)(H3,25,26,27,28). The normalized spacial score (nSPS) is 11.6. The number of aromatic nitrogens is 2. The molecule has 0 bridgehead atoms. The van der Waals surface area contributed by atoms with Gasteiger partial charge in [0.05, 0.1) is 0 Å². The number of nitrogens with one attached hydrogen (secondary N) is 1. The highest BCUT2D eigenvalue weighted by Gasteiger charge is 2.17. The van der Waals surface area contributed by atoms with E-state index in [1.54, 1.807) is 30.3 Å². The number of anilines is 3. The Morgan fingerprint density at radius 3 is 2.45 bits per heavy atom. The fourth-order valence-corrected chi connectivity index (χ4v) is 3.20. The fraction of sp³-hybridized carbons (Fsp3) is 0.174. The molecule has 0 atom stereocenters. The summed E-state index contributed by atoms with van der Waals surface area (Å²) in [6.45, 7) is 6.30. The van der Waals surface area contributed by atoms with Crippen LogP contribution in [0.25, 0.3) is 22.2 Å². The molecule has 2 aromatic carbocycles. The van der Waals surface area contributed by atoms with Crippen molar-refractivity contribution in [3.05, 3.63) is 65.7 Å². The molecule has 0 spiro atoms. The smallest absolute Gasteiger partial charge is 0.371 e. The highest BCUT2D eigenvalue weighted by Crippen LogP contribution is 2.30. The second-order valence-electron chi connectivity index (χ2n) is 8.22. The number of nitrogens with zero attached hydrogens (tertiary/aromatic N) is 2. The highest BCUT2D eigenvalue weighted by atomic mass is 19.1. The van der Waals surface area contributed by atoms with Crippen molar-refractivity contribution in [2.75, 3.05) is 11.1 Å². The molecule has 0 fully saturated rings. The summed E-state index contributed by atoms with van der Waals surface area (Å²) >= 11 is 0. The van der Waals surface area contributed by atoms with Gasteiger partial charge in [-0.2, -0.15) is 4.98 Å². The van der Waals surface area contributed by atoms with Gasteiger partial charge in [-0.15, -0.1) is 0 Å². The van der Waals surface area contributed by atoms with Crippen molar-refractivity contribution in [1.29, 1.82) is 0 Å². The monoisotopic (exact) mass is 420 g/mol. The number of carboxylic acid groups (broad SMARTS) is 1. The Labute approximate surface area is 177 Å². The van der Waals surface area contributed by atoms with E-state index in [0.717, 1.165) is 5.56 Å². The second kappa shape index (κ2) is 7.39. The Kier molecular flexibility index (Phi) is 4.85. The molecule has 0 aliphatic carbocycles. The Hall–Kier alpha value is -3.94. The molecule has 4 rings (SSSR count). The lowest BCUT2D eigenvalue weighted by Crippen LogP contribution is -2.10. The van der Waals surface area contributed by atoms with E-state index in [-0.39, 0.29) is 28.6 Å². The van der Waals surface area contributed by atoms with Gasteiger partial charge in [0, 0.05) is 16.6 Å². The van der Waals surface area contributed by atoms with Crippen LogP contribution in [0.1, 0.15) is 36.9 Å². The van der Waals surface area contributed by atoms with Crippen LogP contribution in [0.5, 0.6) is 0 Å². The van der Waals surface area contributed by atoms with Gasteiger partial charge >= 0.3 is 5.97 Å². The van der Waals surface area contributed by atoms with Crippen LogP contribution < -0.4 is 11.1 Å². The van der Waals surface area contributed by atoms with Gasteiger partial charge in [0.2, 0.25) is 11.7 Å². The lowest BCUT2D eigenvalue weighted by atomic mass is 9.86. The number of carbonyl (C=O) groups is 1. The van der Waals surface area contributed by atoms with Crippen LogP contribution in [0.4, 0.5) is 21.8 Å². The Bertz CT molecular complexity index is 1290. The van der Waals surface area contributed by atoms with E-state index >= 15 is 0 Å². The van der Waals surface area contributed by atoms with Crippen molar-refractivity contribution >= 4 is 34.4 Å². The SMILES string of the molecule is CC(C)(C)c1ccc(-c2nc(Nc3ccc4oc(C(=O)O)cc4c3)nc(N)c2F)cc1. The number of hydrogen-bond acceptors (Lipinski definition) is 6. The fourth-order valence-electron chi connectivity index (χ4n) is 3.20. The first-order valence-corrected chi connectivity index (χ1v) is 9.59. The Morgan fingerprint density at radius 2 is 1.81 bits per heavy atom. The van der Waals surface area contributed by atoms with E-state index in [9.17, 15) is 9.18 Å². The minimum Gasteiger partial charge on any atom is -0.475 e. The number of rotatable bonds is 4. The summed E-state index contributed by atoms with van der Waals surface area (Å²) in [5.74, 6) is -2.15. The third kappa shape index (κ3) is 4.05. The topological polar surface area (TPSA) is 114 Å². The third-order valence-corrected chi connectivity index (χ3v) is 4.88. The largest absolute Gasteiger partial charge is 0.475 e. The van der Waals surface area contributed by atoms with E-state index in [0.29, 0.717) is 22.2 Å². The molecule has 0 saturated heterocycles. The predicted octanol–water partition coefficient (Wildman–Crippen LogP) is 5.35. The summed E-state index contributed by atoms with van der Waals surface area (Å²) < 4.78 is 19.9. The van der Waals surface area contributed by atoms with Gasteiger partial charge in [-0.3, -0.25) is 0 Å². The number of carboxylic acids is 1. The average molecular weight is 420 g/mol. The molecule has 158 valence electrons. The number of fused-ring (bicyclic) bond motifs is 1. The molecule has 0 amide bonds. The van der Waals surface area contributed by atoms with Gasteiger partial charge in [-0.25, -0.2) is 14.2 Å². The number of furan rings is 1. The summed E-state index contributed by atoms with van der Waals surface area (Å²) in [5.41, 5.74) is 8.56. The Balaban J connectivity index is 1.68. The van der Waals surface area contributed by atoms with Crippen LogP contribution in [0.15, 0.2) is 52.9 Å². The van der Waals surface area contributed by atoms with Gasteiger partial charge in [0.15, 0.2) is 11.6 Å². The summed E-state index contributed by atoms with van der Waals surface area (Å²) in [6.07, 6.45) is 0. The van der Waals surface area contributed by atoms with Crippen molar-refractivity contribution in [2.45, 2.75) is 26.2 Å². The quantitative estimate of drug-likeness (QED) is 0.408. The second-order valence-corrected chi connectivity index (χ2v) is 8.22. The first-order chi connectivity index (χ1) is 14.6. The molecule has 2 aromatic heterocycles. The van der Waals surface area contributed by atoms with Crippen molar-refractivity contribution in [3.8, 4) is 11.3 Å². The van der Waals surface area contributed by atoms with Gasteiger partial charge < -0.3 is 20.6 Å². The van der Waals surface area contributed by atoms with E-state index < -0.39 is 11.8 Å². The van der Waals surface area contributed by atoms with Crippen LogP contribution >= 0.6 is 0 Å². The predicted molar refractivity (Wildman–Crippen MR) is 117 cm³/mol. The molecule has 0 aliphatic heterocycles. The summed E-state index contributed by atoms with van der Waals surface area (Å²) in [6, 6.07) is 13.9. The van der Waals surface area contributed by atoms with Crippen molar-refractivity contribution in [2.24, 2.45) is 0 Å². The van der Waals surface area contributed by atoms with Crippen molar-refractivity contribution < 1.29 is 18.7 Å². The third-order valence-electron chi connectivity index (χ3n) is 4.88. The van der Waals surface area contributed by atoms with Crippen molar-refractivity contribution in [3.63, 3.8) is 0 Å². The highest BCUT2D eigenvalue weighted by molar-refractivity contribution is 5.92.